The van der Waals surface area contributed by atoms with Crippen LogP contribution in [0.25, 0.3) is 0 Å². The summed E-state index contributed by atoms with van der Waals surface area (Å²) in [6.45, 7) is 5.78. The number of allylic oxidation sites excluding steroid dienone is 2. The van der Waals surface area contributed by atoms with Gasteiger partial charge in [-0.1, -0.05) is 44.2 Å². The summed E-state index contributed by atoms with van der Waals surface area (Å²) in [6.07, 6.45) is 5.67. The van der Waals surface area contributed by atoms with E-state index in [1.54, 1.807) is 18.2 Å². The summed E-state index contributed by atoms with van der Waals surface area (Å²) in [7, 11) is -1.71. The number of rotatable bonds is 7. The summed E-state index contributed by atoms with van der Waals surface area (Å²) in [5.74, 6) is 0.646. The molecule has 1 rings (SSSR count). The predicted molar refractivity (Wildman–Crippen MR) is 72.5 cm³/mol. The van der Waals surface area contributed by atoms with Crippen molar-refractivity contribution >= 4 is 8.53 Å². The molecule has 0 saturated carbocycles. The van der Waals surface area contributed by atoms with Gasteiger partial charge in [0.1, 0.15) is 5.75 Å². The van der Waals surface area contributed by atoms with Gasteiger partial charge in [0.05, 0.1) is 0 Å². The molecule has 1 aromatic rings. The molecule has 0 bridgehead atoms. The number of nitrogens with one attached hydrogen (secondary N) is 1. The molecule has 17 heavy (non-hydrogen) atoms. The van der Waals surface area contributed by atoms with Crippen molar-refractivity contribution in [1.29, 1.82) is 0 Å². The Labute approximate surface area is 104 Å². The van der Waals surface area contributed by atoms with Crippen LogP contribution < -0.4 is 9.61 Å². The molecule has 0 fully saturated rings. The molecule has 0 heterocycles. The van der Waals surface area contributed by atoms with Crippen molar-refractivity contribution in [3.63, 3.8) is 0 Å². The van der Waals surface area contributed by atoms with E-state index in [0.29, 0.717) is 5.75 Å². The first-order valence-corrected chi connectivity index (χ1v) is 6.78. The van der Waals surface area contributed by atoms with Crippen molar-refractivity contribution < 1.29 is 9.42 Å². The summed E-state index contributed by atoms with van der Waals surface area (Å²) < 4.78 is 5.35. The topological polar surface area (TPSA) is 41.5 Å². The molecule has 3 nitrogen and oxygen atoms in total. The number of unbranched alkanes of at least 4 members (excludes halogenated alkanes) is 1. The molecule has 4 heteroatoms. The van der Waals surface area contributed by atoms with Gasteiger partial charge in [-0.15, -0.1) is 0 Å². The first-order chi connectivity index (χ1) is 8.26. The molecule has 92 valence electrons. The third-order valence-electron chi connectivity index (χ3n) is 2.03. The first kappa shape index (κ1) is 13.8. The number of benzene rings is 1. The Morgan fingerprint density at radius 1 is 1.47 bits per heavy atom. The second-order valence-corrected chi connectivity index (χ2v) is 4.39. The molecule has 2 N–H and O–H groups in total. The summed E-state index contributed by atoms with van der Waals surface area (Å²) in [6, 6.07) is 9.23. The van der Waals surface area contributed by atoms with Crippen LogP contribution in [0.1, 0.15) is 19.8 Å². The van der Waals surface area contributed by atoms with Crippen molar-refractivity contribution in [3.05, 3.63) is 54.8 Å². The van der Waals surface area contributed by atoms with E-state index in [2.05, 4.69) is 18.6 Å². The lowest BCUT2D eigenvalue weighted by molar-refractivity contribution is 0.477. The molecule has 0 saturated heterocycles. The van der Waals surface area contributed by atoms with Crippen LogP contribution >= 0.6 is 8.53 Å². The number of hydrogen-bond acceptors (Lipinski definition) is 3. The van der Waals surface area contributed by atoms with Gasteiger partial charge in [0.25, 0.3) is 0 Å². The Morgan fingerprint density at radius 2 is 2.18 bits per heavy atom. The minimum atomic E-state index is -1.71. The van der Waals surface area contributed by atoms with Crippen LogP contribution in [0.3, 0.4) is 0 Å². The average Bonchev–Trinajstić information content (AvgIpc) is 2.35. The molecular formula is C13H18NO2P. The van der Waals surface area contributed by atoms with Crippen LogP contribution in [-0.2, 0) is 0 Å². The van der Waals surface area contributed by atoms with Crippen LogP contribution in [0.4, 0.5) is 0 Å². The van der Waals surface area contributed by atoms with E-state index >= 15 is 0 Å². The van der Waals surface area contributed by atoms with E-state index in [4.69, 9.17) is 4.52 Å². The van der Waals surface area contributed by atoms with Gasteiger partial charge in [-0.2, -0.15) is 0 Å². The second-order valence-electron chi connectivity index (χ2n) is 3.44. The monoisotopic (exact) mass is 251 g/mol. The molecule has 0 aliphatic carbocycles. The average molecular weight is 251 g/mol. The van der Waals surface area contributed by atoms with Crippen molar-refractivity contribution in [3.8, 4) is 5.75 Å². The standard InChI is InChI=1S/C13H18NO2P/c1-3-5-9-12(4-2)14-17(15)16-13-10-7-6-8-11-13/h4,6-11,14-15H,2-3,5H2,1H3/b12-9+. The van der Waals surface area contributed by atoms with Gasteiger partial charge in [0.15, 0.2) is 0 Å². The highest BCUT2D eigenvalue weighted by Gasteiger charge is 2.07. The van der Waals surface area contributed by atoms with Crippen LogP contribution in [0.2, 0.25) is 0 Å². The van der Waals surface area contributed by atoms with E-state index in [0.717, 1.165) is 18.5 Å². The molecule has 0 aliphatic heterocycles. The lowest BCUT2D eigenvalue weighted by Gasteiger charge is -2.14. The van der Waals surface area contributed by atoms with Gasteiger partial charge >= 0.3 is 8.53 Å². The highest BCUT2D eigenvalue weighted by atomic mass is 31.2. The van der Waals surface area contributed by atoms with Gasteiger partial charge < -0.3 is 14.5 Å². The van der Waals surface area contributed by atoms with E-state index in [1.165, 1.54) is 0 Å². The van der Waals surface area contributed by atoms with Gasteiger partial charge in [-0.3, -0.25) is 0 Å². The minimum absolute atomic E-state index is 0.646. The van der Waals surface area contributed by atoms with Crippen molar-refractivity contribution in [2.75, 3.05) is 0 Å². The zero-order valence-electron chi connectivity index (χ0n) is 9.97. The van der Waals surface area contributed by atoms with Gasteiger partial charge in [0, 0.05) is 5.70 Å². The Bertz CT molecular complexity index is 365. The van der Waals surface area contributed by atoms with Gasteiger partial charge in [-0.05, 0) is 24.6 Å². The van der Waals surface area contributed by atoms with Crippen LogP contribution in [0, 0.1) is 0 Å². The third kappa shape index (κ3) is 5.53. The Morgan fingerprint density at radius 3 is 2.76 bits per heavy atom. The van der Waals surface area contributed by atoms with E-state index in [1.807, 2.05) is 24.3 Å². The molecule has 0 aromatic heterocycles. The lowest BCUT2D eigenvalue weighted by Crippen LogP contribution is -2.08. The quantitative estimate of drug-likeness (QED) is 0.573. The minimum Gasteiger partial charge on any atom is -0.432 e. The molecule has 0 aliphatic rings. The van der Waals surface area contributed by atoms with Gasteiger partial charge in [0.2, 0.25) is 0 Å². The Balaban J connectivity index is 2.48. The normalized spacial score (nSPS) is 12.9. The largest absolute Gasteiger partial charge is 0.432 e. The maximum atomic E-state index is 9.75. The molecule has 1 atom stereocenters. The van der Waals surface area contributed by atoms with Crippen LogP contribution in [-0.4, -0.2) is 4.89 Å². The first-order valence-electron chi connectivity index (χ1n) is 5.57. The highest BCUT2D eigenvalue weighted by molar-refractivity contribution is 7.44. The van der Waals surface area contributed by atoms with E-state index in [9.17, 15) is 4.89 Å². The molecule has 1 aromatic carbocycles. The zero-order chi connectivity index (χ0) is 12.5. The van der Waals surface area contributed by atoms with E-state index < -0.39 is 8.53 Å². The second kappa shape index (κ2) is 7.88. The molecule has 0 spiro atoms. The smallest absolute Gasteiger partial charge is 0.347 e. The third-order valence-corrected chi connectivity index (χ3v) is 2.87. The van der Waals surface area contributed by atoms with E-state index in [-0.39, 0.29) is 0 Å². The zero-order valence-corrected chi connectivity index (χ0v) is 10.9. The van der Waals surface area contributed by atoms with Crippen LogP contribution in [0.5, 0.6) is 5.75 Å². The Hall–Kier alpha value is -1.31. The molecule has 1 unspecified atom stereocenters. The maximum absolute atomic E-state index is 9.75. The van der Waals surface area contributed by atoms with Crippen LogP contribution in [0.15, 0.2) is 54.8 Å². The summed E-state index contributed by atoms with van der Waals surface area (Å²) >= 11 is 0. The van der Waals surface area contributed by atoms with Crippen molar-refractivity contribution in [1.82, 2.24) is 5.09 Å². The molecular weight excluding hydrogens is 233 g/mol. The number of hydrogen-bond donors (Lipinski definition) is 2. The molecule has 0 amide bonds. The fourth-order valence-corrected chi connectivity index (χ4v) is 1.96. The SMILES string of the molecule is C=C/C(=C\CCC)NP(O)Oc1ccccc1. The fourth-order valence-electron chi connectivity index (χ4n) is 1.19. The van der Waals surface area contributed by atoms with Crippen molar-refractivity contribution in [2.45, 2.75) is 19.8 Å². The predicted octanol–water partition coefficient (Wildman–Crippen LogP) is 3.74. The summed E-state index contributed by atoms with van der Waals surface area (Å²) in [5.41, 5.74) is 0.802. The summed E-state index contributed by atoms with van der Waals surface area (Å²) in [5, 5.41) is 2.89. The van der Waals surface area contributed by atoms with Gasteiger partial charge in [-0.25, -0.2) is 0 Å². The lowest BCUT2D eigenvalue weighted by atomic mass is 10.3. The molecule has 0 radical (unpaired) electrons. The maximum Gasteiger partial charge on any atom is 0.347 e. The highest BCUT2D eigenvalue weighted by Crippen LogP contribution is 2.30. The number of para-hydroxylation sites is 1. The Kier molecular flexibility index (Phi) is 6.38. The summed E-state index contributed by atoms with van der Waals surface area (Å²) in [4.78, 5) is 9.75. The fraction of sp³-hybridized carbons (Fsp3) is 0.231. The van der Waals surface area contributed by atoms with Crippen molar-refractivity contribution in [2.24, 2.45) is 0 Å².